The summed E-state index contributed by atoms with van der Waals surface area (Å²) in [4.78, 5) is 8.73. The molecule has 1 heterocycles. The number of guanidine groups is 1. The predicted octanol–water partition coefficient (Wildman–Crippen LogP) is 2.79. The number of nitrogens with zero attached hydrogens (tertiary/aromatic N) is 3. The fourth-order valence-corrected chi connectivity index (χ4v) is 4.05. The molecule has 0 saturated carbocycles. The fourth-order valence-electron chi connectivity index (χ4n) is 2.87. The number of rotatable bonds is 5. The van der Waals surface area contributed by atoms with Crippen LogP contribution in [-0.4, -0.2) is 61.0 Å². The smallest absolute Gasteiger partial charge is 0.193 e. The topological polar surface area (TPSA) is 30.9 Å². The number of hydrogen-bond donors (Lipinski definition) is 1. The highest BCUT2D eigenvalue weighted by Gasteiger charge is 2.21. The first-order valence-corrected chi connectivity index (χ1v) is 9.57. The number of benzene rings is 1. The lowest BCUT2D eigenvalue weighted by Crippen LogP contribution is -2.47. The Bertz CT molecular complexity index is 562. The van der Waals surface area contributed by atoms with Crippen molar-refractivity contribution < 1.29 is 4.39 Å². The third kappa shape index (κ3) is 5.38. The first-order valence-electron chi connectivity index (χ1n) is 8.52. The summed E-state index contributed by atoms with van der Waals surface area (Å²) in [5, 5.41) is 4.11. The van der Waals surface area contributed by atoms with Gasteiger partial charge in [0.15, 0.2) is 5.96 Å². The second kappa shape index (κ2) is 9.28. The molecule has 1 saturated heterocycles. The summed E-state index contributed by atoms with van der Waals surface area (Å²) in [5.74, 6) is 1.94. The van der Waals surface area contributed by atoms with Crippen LogP contribution >= 0.6 is 11.8 Å². The molecule has 0 aliphatic carbocycles. The van der Waals surface area contributed by atoms with Crippen LogP contribution in [-0.2, 0) is 13.1 Å². The third-order valence-corrected chi connectivity index (χ3v) is 5.52. The fraction of sp³-hybridized carbons (Fsp3) is 0.611. The van der Waals surface area contributed by atoms with E-state index in [0.717, 1.165) is 35.9 Å². The van der Waals surface area contributed by atoms with Crippen molar-refractivity contribution in [2.75, 3.05) is 40.0 Å². The molecule has 4 nitrogen and oxygen atoms in total. The van der Waals surface area contributed by atoms with Crippen LogP contribution < -0.4 is 5.32 Å². The van der Waals surface area contributed by atoms with Gasteiger partial charge in [0.25, 0.3) is 0 Å². The molecule has 0 bridgehead atoms. The van der Waals surface area contributed by atoms with Crippen LogP contribution in [0.15, 0.2) is 23.2 Å². The monoisotopic (exact) mass is 352 g/mol. The summed E-state index contributed by atoms with van der Waals surface area (Å²) >= 11 is 2.05. The van der Waals surface area contributed by atoms with Gasteiger partial charge in [0.05, 0.1) is 0 Å². The lowest BCUT2D eigenvalue weighted by Gasteiger charge is -2.34. The van der Waals surface area contributed by atoms with Crippen molar-refractivity contribution in [3.05, 3.63) is 35.1 Å². The molecule has 0 radical (unpaired) electrons. The first-order chi connectivity index (χ1) is 11.5. The summed E-state index contributed by atoms with van der Waals surface area (Å²) in [7, 11) is 5.72. The minimum absolute atomic E-state index is 0.143. The van der Waals surface area contributed by atoms with Gasteiger partial charge in [-0.3, -0.25) is 4.99 Å². The first kappa shape index (κ1) is 19.1. The van der Waals surface area contributed by atoms with Crippen LogP contribution in [0.4, 0.5) is 4.39 Å². The van der Waals surface area contributed by atoms with Gasteiger partial charge in [-0.15, -0.1) is 0 Å². The van der Waals surface area contributed by atoms with Crippen LogP contribution in [0.3, 0.4) is 0 Å². The maximum Gasteiger partial charge on any atom is 0.193 e. The second-order valence-corrected chi connectivity index (χ2v) is 7.82. The average Bonchev–Trinajstić information content (AvgIpc) is 2.58. The highest BCUT2D eigenvalue weighted by molar-refractivity contribution is 8.00. The number of halogens is 1. The third-order valence-electron chi connectivity index (χ3n) is 4.15. The van der Waals surface area contributed by atoms with Gasteiger partial charge in [0, 0.05) is 49.8 Å². The Kier molecular flexibility index (Phi) is 7.37. The summed E-state index contributed by atoms with van der Waals surface area (Å²) < 4.78 is 13.9. The molecule has 1 atom stereocenters. The van der Waals surface area contributed by atoms with Crippen LogP contribution in [0.5, 0.6) is 0 Å². The molecule has 0 spiro atoms. The van der Waals surface area contributed by atoms with Gasteiger partial charge in [0.1, 0.15) is 5.82 Å². The number of nitrogens with one attached hydrogen (secondary N) is 1. The lowest BCUT2D eigenvalue weighted by molar-refractivity contribution is 0.392. The van der Waals surface area contributed by atoms with E-state index in [1.165, 1.54) is 6.42 Å². The standard InChI is InChI=1S/C18H29FN4S/c1-5-16-13-23(8-9-24-16)18(20-2)21-11-14-6-7-17(19)15(10-14)12-22(3)4/h6-7,10,16H,5,8-9,11-13H2,1-4H3,(H,20,21). The quantitative estimate of drug-likeness (QED) is 0.652. The molecule has 1 aromatic carbocycles. The van der Waals surface area contributed by atoms with Gasteiger partial charge < -0.3 is 15.1 Å². The van der Waals surface area contributed by atoms with E-state index < -0.39 is 0 Å². The van der Waals surface area contributed by atoms with Gasteiger partial charge in [0.2, 0.25) is 0 Å². The largest absolute Gasteiger partial charge is 0.352 e. The van der Waals surface area contributed by atoms with Crippen molar-refractivity contribution in [3.63, 3.8) is 0 Å². The van der Waals surface area contributed by atoms with E-state index >= 15 is 0 Å². The van der Waals surface area contributed by atoms with Crippen molar-refractivity contribution in [1.82, 2.24) is 15.1 Å². The minimum atomic E-state index is -0.143. The van der Waals surface area contributed by atoms with E-state index in [2.05, 4.69) is 22.1 Å². The molecule has 1 fully saturated rings. The van der Waals surface area contributed by atoms with Crippen LogP contribution in [0, 0.1) is 5.82 Å². The van der Waals surface area contributed by atoms with E-state index in [0.29, 0.717) is 18.3 Å². The van der Waals surface area contributed by atoms with E-state index in [1.54, 1.807) is 6.07 Å². The van der Waals surface area contributed by atoms with E-state index in [-0.39, 0.29) is 5.82 Å². The molecule has 1 aliphatic rings. The molecular weight excluding hydrogens is 323 g/mol. The average molecular weight is 353 g/mol. The van der Waals surface area contributed by atoms with Crippen molar-refractivity contribution in [1.29, 1.82) is 0 Å². The highest BCUT2D eigenvalue weighted by Crippen LogP contribution is 2.21. The number of hydrogen-bond acceptors (Lipinski definition) is 3. The van der Waals surface area contributed by atoms with Crippen molar-refractivity contribution in [3.8, 4) is 0 Å². The van der Waals surface area contributed by atoms with E-state index in [4.69, 9.17) is 0 Å². The Hall–Kier alpha value is -1.27. The maximum absolute atomic E-state index is 13.9. The zero-order valence-electron chi connectivity index (χ0n) is 15.2. The second-order valence-electron chi connectivity index (χ2n) is 6.41. The Morgan fingerprint density at radius 3 is 2.92 bits per heavy atom. The molecule has 6 heteroatoms. The molecule has 24 heavy (non-hydrogen) atoms. The van der Waals surface area contributed by atoms with Crippen LogP contribution in [0.2, 0.25) is 0 Å². The van der Waals surface area contributed by atoms with Gasteiger partial charge in [-0.1, -0.05) is 13.0 Å². The Morgan fingerprint density at radius 1 is 1.46 bits per heavy atom. The van der Waals surface area contributed by atoms with Gasteiger partial charge in [-0.25, -0.2) is 4.39 Å². The number of aliphatic imine (C=N–C) groups is 1. The SMILES string of the molecule is CCC1CN(C(=NC)NCc2ccc(F)c(CN(C)C)c2)CCS1. The summed E-state index contributed by atoms with van der Waals surface area (Å²) in [6.45, 7) is 5.57. The van der Waals surface area contributed by atoms with Gasteiger partial charge >= 0.3 is 0 Å². The van der Waals surface area contributed by atoms with Crippen molar-refractivity contribution >= 4 is 17.7 Å². The molecule has 0 aromatic heterocycles. The highest BCUT2D eigenvalue weighted by atomic mass is 32.2. The minimum Gasteiger partial charge on any atom is -0.352 e. The zero-order chi connectivity index (χ0) is 17.5. The van der Waals surface area contributed by atoms with Crippen LogP contribution in [0.25, 0.3) is 0 Å². The normalized spacial score (nSPS) is 19.0. The lowest BCUT2D eigenvalue weighted by atomic mass is 10.1. The molecule has 1 N–H and O–H groups in total. The Balaban J connectivity index is 1.98. The van der Waals surface area contributed by atoms with E-state index in [1.807, 2.05) is 49.9 Å². The Labute approximate surface area is 149 Å². The van der Waals surface area contributed by atoms with Crippen molar-refractivity contribution in [2.45, 2.75) is 31.7 Å². The van der Waals surface area contributed by atoms with Crippen molar-refractivity contribution in [2.24, 2.45) is 4.99 Å². The van der Waals surface area contributed by atoms with E-state index in [9.17, 15) is 4.39 Å². The van der Waals surface area contributed by atoms with Crippen LogP contribution in [0.1, 0.15) is 24.5 Å². The summed E-state index contributed by atoms with van der Waals surface area (Å²) in [6.07, 6.45) is 1.18. The molecule has 1 aromatic rings. The maximum atomic E-state index is 13.9. The predicted molar refractivity (Wildman–Crippen MR) is 102 cm³/mol. The molecular formula is C18H29FN4S. The molecule has 0 amide bonds. The van der Waals surface area contributed by atoms with Gasteiger partial charge in [-0.05, 0) is 38.2 Å². The molecule has 134 valence electrons. The zero-order valence-corrected chi connectivity index (χ0v) is 16.0. The summed E-state index contributed by atoms with van der Waals surface area (Å²) in [6, 6.07) is 5.34. The molecule has 1 aliphatic heterocycles. The molecule has 1 unspecified atom stereocenters. The Morgan fingerprint density at radius 2 is 2.25 bits per heavy atom. The number of thioether (sulfide) groups is 1. The van der Waals surface area contributed by atoms with Gasteiger partial charge in [-0.2, -0.15) is 11.8 Å². The molecule has 2 rings (SSSR count). The summed E-state index contributed by atoms with van der Waals surface area (Å²) in [5.41, 5.74) is 1.81.